The minimum atomic E-state index is -0.319. The van der Waals surface area contributed by atoms with Gasteiger partial charge in [0.15, 0.2) is 0 Å². The molecule has 0 spiro atoms. The molecule has 3 rings (SSSR count). The van der Waals surface area contributed by atoms with Gasteiger partial charge in [-0.1, -0.05) is 37.6 Å². The molecule has 6 nitrogen and oxygen atoms in total. The number of methoxy groups -OCH3 is 1. The van der Waals surface area contributed by atoms with Gasteiger partial charge in [-0.15, -0.1) is 0 Å². The molecule has 28 heavy (non-hydrogen) atoms. The van der Waals surface area contributed by atoms with Gasteiger partial charge >= 0.3 is 0 Å². The number of ether oxygens (including phenoxy) is 1. The highest BCUT2D eigenvalue weighted by atomic mass is 35.5. The average molecular weight is 397 g/mol. The lowest BCUT2D eigenvalue weighted by atomic mass is 10.0. The maximum absolute atomic E-state index is 12.5. The summed E-state index contributed by atoms with van der Waals surface area (Å²) in [5.41, 5.74) is 2.77. The number of aromatic nitrogens is 2. The van der Waals surface area contributed by atoms with Gasteiger partial charge in [0.2, 0.25) is 5.95 Å². The number of benzene rings is 2. The summed E-state index contributed by atoms with van der Waals surface area (Å²) in [6.07, 6.45) is 1.52. The molecule has 0 aliphatic carbocycles. The molecule has 0 radical (unpaired) electrons. The van der Waals surface area contributed by atoms with Crippen molar-refractivity contribution in [2.24, 2.45) is 0 Å². The smallest absolute Gasteiger partial charge is 0.274 e. The van der Waals surface area contributed by atoms with E-state index in [1.54, 1.807) is 31.4 Å². The first-order valence-electron chi connectivity index (χ1n) is 8.81. The van der Waals surface area contributed by atoms with E-state index in [1.807, 2.05) is 24.3 Å². The maximum Gasteiger partial charge on any atom is 0.274 e. The molecule has 0 aliphatic heterocycles. The molecule has 1 heterocycles. The highest BCUT2D eigenvalue weighted by Crippen LogP contribution is 2.29. The fourth-order valence-electron chi connectivity index (χ4n) is 2.59. The number of nitrogens with one attached hydrogen (secondary N) is 2. The average Bonchev–Trinajstić information content (AvgIpc) is 2.69. The van der Waals surface area contributed by atoms with E-state index in [0.717, 1.165) is 0 Å². The van der Waals surface area contributed by atoms with E-state index in [0.29, 0.717) is 28.1 Å². The van der Waals surface area contributed by atoms with Gasteiger partial charge in [0.05, 0.1) is 12.8 Å². The van der Waals surface area contributed by atoms with Crippen LogP contribution in [0.5, 0.6) is 5.75 Å². The Kier molecular flexibility index (Phi) is 6.11. The molecule has 2 N–H and O–H groups in total. The number of nitrogens with zero attached hydrogens (tertiary/aromatic N) is 2. The van der Waals surface area contributed by atoms with Gasteiger partial charge in [-0.25, -0.2) is 9.97 Å². The Morgan fingerprint density at radius 2 is 1.86 bits per heavy atom. The molecule has 7 heteroatoms. The Morgan fingerprint density at radius 1 is 1.11 bits per heavy atom. The summed E-state index contributed by atoms with van der Waals surface area (Å²) >= 11 is 6.04. The van der Waals surface area contributed by atoms with E-state index in [9.17, 15) is 4.79 Å². The van der Waals surface area contributed by atoms with Crippen LogP contribution in [0.2, 0.25) is 5.02 Å². The highest BCUT2D eigenvalue weighted by Gasteiger charge is 2.11. The normalized spacial score (nSPS) is 10.6. The molecule has 3 aromatic rings. The van der Waals surface area contributed by atoms with Gasteiger partial charge in [-0.2, -0.15) is 0 Å². The van der Waals surface area contributed by atoms with Crippen molar-refractivity contribution in [1.82, 2.24) is 9.97 Å². The van der Waals surface area contributed by atoms with E-state index >= 15 is 0 Å². The number of carbonyl (C=O) groups excluding carboxylic acids is 1. The molecule has 0 fully saturated rings. The molecule has 0 saturated heterocycles. The summed E-state index contributed by atoms with van der Waals surface area (Å²) < 4.78 is 5.30. The maximum atomic E-state index is 12.5. The van der Waals surface area contributed by atoms with Crippen molar-refractivity contribution in [3.63, 3.8) is 0 Å². The Morgan fingerprint density at radius 3 is 2.54 bits per heavy atom. The van der Waals surface area contributed by atoms with Crippen LogP contribution in [-0.2, 0) is 0 Å². The van der Waals surface area contributed by atoms with Crippen LogP contribution in [0, 0.1) is 0 Å². The van der Waals surface area contributed by atoms with Crippen molar-refractivity contribution >= 4 is 34.8 Å². The molecule has 0 saturated carbocycles. The largest absolute Gasteiger partial charge is 0.495 e. The van der Waals surface area contributed by atoms with Gasteiger partial charge in [-0.3, -0.25) is 4.79 Å². The lowest BCUT2D eigenvalue weighted by Crippen LogP contribution is -2.14. The first kappa shape index (κ1) is 19.6. The third-order valence-electron chi connectivity index (χ3n) is 4.13. The molecule has 144 valence electrons. The quantitative estimate of drug-likeness (QED) is 0.594. The summed E-state index contributed by atoms with van der Waals surface area (Å²) in [6, 6.07) is 14.5. The fourth-order valence-corrected chi connectivity index (χ4v) is 2.76. The predicted molar refractivity (Wildman–Crippen MR) is 112 cm³/mol. The lowest BCUT2D eigenvalue weighted by Gasteiger charge is -2.11. The summed E-state index contributed by atoms with van der Waals surface area (Å²) in [5.74, 6) is 0.973. The number of hydrogen-bond donors (Lipinski definition) is 2. The molecule has 1 amide bonds. The fraction of sp³-hybridized carbons (Fsp3) is 0.190. The third-order valence-corrected chi connectivity index (χ3v) is 4.37. The van der Waals surface area contributed by atoms with E-state index in [1.165, 1.54) is 11.8 Å². The van der Waals surface area contributed by atoms with Crippen molar-refractivity contribution in [2.45, 2.75) is 19.8 Å². The lowest BCUT2D eigenvalue weighted by molar-refractivity contribution is 0.102. The van der Waals surface area contributed by atoms with E-state index in [2.05, 4.69) is 34.4 Å². The first-order valence-corrected chi connectivity index (χ1v) is 9.19. The predicted octanol–water partition coefficient (Wildman–Crippen LogP) is 5.26. The van der Waals surface area contributed by atoms with E-state index in [-0.39, 0.29) is 17.5 Å². The number of carbonyl (C=O) groups is 1. The summed E-state index contributed by atoms with van der Waals surface area (Å²) in [6.45, 7) is 4.25. The van der Waals surface area contributed by atoms with Crippen LogP contribution in [0.4, 0.5) is 17.3 Å². The molecule has 0 atom stereocenters. The monoisotopic (exact) mass is 396 g/mol. The summed E-state index contributed by atoms with van der Waals surface area (Å²) in [7, 11) is 1.56. The van der Waals surface area contributed by atoms with Crippen molar-refractivity contribution in [1.29, 1.82) is 0 Å². The van der Waals surface area contributed by atoms with Crippen molar-refractivity contribution < 1.29 is 9.53 Å². The second-order valence-corrected chi connectivity index (χ2v) is 6.90. The number of halogens is 1. The Balaban J connectivity index is 1.75. The van der Waals surface area contributed by atoms with Crippen LogP contribution < -0.4 is 15.4 Å². The van der Waals surface area contributed by atoms with Crippen LogP contribution in [0.15, 0.2) is 54.7 Å². The van der Waals surface area contributed by atoms with Gasteiger partial charge in [0.25, 0.3) is 5.91 Å². The zero-order valence-corrected chi connectivity index (χ0v) is 16.6. The zero-order chi connectivity index (χ0) is 20.1. The topological polar surface area (TPSA) is 76.1 Å². The summed E-state index contributed by atoms with van der Waals surface area (Å²) in [5, 5.41) is 6.42. The van der Waals surface area contributed by atoms with Gasteiger partial charge in [-0.05, 0) is 47.9 Å². The molecular formula is C21H21ClN4O2. The molecule has 0 unspecified atom stereocenters. The number of anilines is 3. The van der Waals surface area contributed by atoms with Crippen LogP contribution in [0.1, 0.15) is 35.8 Å². The van der Waals surface area contributed by atoms with E-state index < -0.39 is 0 Å². The minimum absolute atomic E-state index is 0.242. The zero-order valence-electron chi connectivity index (χ0n) is 15.9. The molecular weight excluding hydrogens is 376 g/mol. The van der Waals surface area contributed by atoms with Crippen LogP contribution in [-0.4, -0.2) is 23.0 Å². The van der Waals surface area contributed by atoms with Crippen LogP contribution in [0.25, 0.3) is 0 Å². The Hall–Kier alpha value is -3.12. The van der Waals surface area contributed by atoms with Gasteiger partial charge in [0.1, 0.15) is 11.4 Å². The first-order chi connectivity index (χ1) is 13.5. The molecule has 2 aromatic carbocycles. The second kappa shape index (κ2) is 8.71. The number of amides is 1. The van der Waals surface area contributed by atoms with Crippen LogP contribution >= 0.6 is 11.6 Å². The summed E-state index contributed by atoms with van der Waals surface area (Å²) in [4.78, 5) is 21.0. The Bertz CT molecular complexity index is 974. The minimum Gasteiger partial charge on any atom is -0.495 e. The number of hydrogen-bond acceptors (Lipinski definition) is 5. The molecule has 0 aliphatic rings. The van der Waals surface area contributed by atoms with Gasteiger partial charge in [0, 0.05) is 16.9 Å². The number of rotatable bonds is 6. The Labute approximate surface area is 168 Å². The standard InChI is InChI=1S/C21H21ClN4O2/c1-13(2)14-4-7-16(8-5-14)24-20(27)17-10-11-23-21(25-17)26-18-12-15(22)6-9-19(18)28-3/h4-13H,1-3H3,(H,24,27)(H,23,25,26). The highest BCUT2D eigenvalue weighted by molar-refractivity contribution is 6.31. The third kappa shape index (κ3) is 4.78. The van der Waals surface area contributed by atoms with Gasteiger partial charge < -0.3 is 15.4 Å². The SMILES string of the molecule is COc1ccc(Cl)cc1Nc1nccc(C(=O)Nc2ccc(C(C)C)cc2)n1. The van der Waals surface area contributed by atoms with Crippen molar-refractivity contribution in [2.75, 3.05) is 17.7 Å². The molecule has 0 bridgehead atoms. The van der Waals surface area contributed by atoms with E-state index in [4.69, 9.17) is 16.3 Å². The molecule has 1 aromatic heterocycles. The second-order valence-electron chi connectivity index (χ2n) is 6.47. The van der Waals surface area contributed by atoms with Crippen LogP contribution in [0.3, 0.4) is 0 Å². The van der Waals surface area contributed by atoms with Crippen molar-refractivity contribution in [3.8, 4) is 5.75 Å². The van der Waals surface area contributed by atoms with Crippen molar-refractivity contribution in [3.05, 3.63) is 71.0 Å².